The molecule has 0 bridgehead atoms. The average molecular weight is 294 g/mol. The highest BCUT2D eigenvalue weighted by Gasteiger charge is 2.66. The SMILES string of the molecule is CCCCc1ccc(CN2CC([N+](=O)[O-])([N+](=O)[O-])C2)nc1. The van der Waals surface area contributed by atoms with E-state index in [0.29, 0.717) is 6.54 Å². The molecule has 0 saturated carbocycles. The molecule has 2 rings (SSSR count). The number of rotatable bonds is 7. The summed E-state index contributed by atoms with van der Waals surface area (Å²) in [5.41, 5.74) is -0.106. The maximum atomic E-state index is 10.8. The highest BCUT2D eigenvalue weighted by molar-refractivity contribution is 5.14. The predicted molar refractivity (Wildman–Crippen MR) is 74.8 cm³/mol. The fraction of sp³-hybridized carbons (Fsp3) is 0.615. The Labute approximate surface area is 122 Å². The van der Waals surface area contributed by atoms with E-state index in [9.17, 15) is 20.2 Å². The summed E-state index contributed by atoms with van der Waals surface area (Å²) in [5.74, 6) is 0. The summed E-state index contributed by atoms with van der Waals surface area (Å²) in [6.45, 7) is 2.18. The quantitative estimate of drug-likeness (QED) is 0.429. The summed E-state index contributed by atoms with van der Waals surface area (Å²) < 4.78 is 0. The maximum Gasteiger partial charge on any atom is 0.482 e. The lowest BCUT2D eigenvalue weighted by Crippen LogP contribution is -2.69. The van der Waals surface area contributed by atoms with Crippen LogP contribution < -0.4 is 0 Å². The van der Waals surface area contributed by atoms with E-state index in [1.165, 1.54) is 0 Å². The van der Waals surface area contributed by atoms with E-state index in [1.807, 2.05) is 12.1 Å². The van der Waals surface area contributed by atoms with E-state index in [-0.39, 0.29) is 13.1 Å². The van der Waals surface area contributed by atoms with E-state index in [2.05, 4.69) is 11.9 Å². The van der Waals surface area contributed by atoms with Crippen LogP contribution in [-0.2, 0) is 13.0 Å². The van der Waals surface area contributed by atoms with Crippen LogP contribution in [0.4, 0.5) is 0 Å². The summed E-state index contributed by atoms with van der Waals surface area (Å²) >= 11 is 0. The molecule has 1 aliphatic rings. The van der Waals surface area contributed by atoms with Crippen molar-refractivity contribution in [2.45, 2.75) is 38.4 Å². The summed E-state index contributed by atoms with van der Waals surface area (Å²) in [6.07, 6.45) is 5.03. The molecule has 0 amide bonds. The monoisotopic (exact) mass is 294 g/mol. The van der Waals surface area contributed by atoms with Gasteiger partial charge in [-0.15, -0.1) is 0 Å². The predicted octanol–water partition coefficient (Wildman–Crippen LogP) is 1.49. The molecule has 0 aromatic carbocycles. The number of aromatic nitrogens is 1. The first-order chi connectivity index (χ1) is 9.98. The highest BCUT2D eigenvalue weighted by atomic mass is 16.7. The first-order valence-electron chi connectivity index (χ1n) is 6.93. The fourth-order valence-corrected chi connectivity index (χ4v) is 2.39. The van der Waals surface area contributed by atoms with Crippen LogP contribution in [0.15, 0.2) is 18.3 Å². The molecule has 0 atom stereocenters. The van der Waals surface area contributed by atoms with Crippen LogP contribution in [0.2, 0.25) is 0 Å². The third-order valence-electron chi connectivity index (χ3n) is 3.72. The lowest BCUT2D eigenvalue weighted by molar-refractivity contribution is -0.811. The van der Waals surface area contributed by atoms with Crippen LogP contribution in [0, 0.1) is 20.2 Å². The van der Waals surface area contributed by atoms with Gasteiger partial charge in [-0.05, 0) is 24.5 Å². The summed E-state index contributed by atoms with van der Waals surface area (Å²) in [7, 11) is 0. The molecule has 0 aliphatic carbocycles. The number of hydrogen-bond acceptors (Lipinski definition) is 6. The minimum atomic E-state index is -2.04. The zero-order valence-electron chi connectivity index (χ0n) is 11.9. The molecule has 1 fully saturated rings. The lowest BCUT2D eigenvalue weighted by Gasteiger charge is -2.35. The molecule has 8 heteroatoms. The molecule has 114 valence electrons. The third-order valence-corrected chi connectivity index (χ3v) is 3.72. The number of nitrogens with zero attached hydrogens (tertiary/aromatic N) is 4. The molecule has 1 aromatic heterocycles. The van der Waals surface area contributed by atoms with Crippen molar-refractivity contribution in [1.82, 2.24) is 9.88 Å². The third kappa shape index (κ3) is 3.15. The van der Waals surface area contributed by atoms with Gasteiger partial charge >= 0.3 is 5.66 Å². The number of hydrogen-bond donors (Lipinski definition) is 0. The molecular formula is C13H18N4O4. The topological polar surface area (TPSA) is 102 Å². The Morgan fingerprint density at radius 3 is 2.43 bits per heavy atom. The van der Waals surface area contributed by atoms with Crippen LogP contribution in [0.25, 0.3) is 0 Å². The zero-order chi connectivity index (χ0) is 15.5. The molecule has 1 saturated heterocycles. The van der Waals surface area contributed by atoms with Crippen LogP contribution in [0.5, 0.6) is 0 Å². The Morgan fingerprint density at radius 2 is 1.95 bits per heavy atom. The van der Waals surface area contributed by atoms with Crippen molar-refractivity contribution in [3.05, 3.63) is 49.8 Å². The van der Waals surface area contributed by atoms with Crippen molar-refractivity contribution in [3.63, 3.8) is 0 Å². The van der Waals surface area contributed by atoms with Gasteiger partial charge in [0.25, 0.3) is 0 Å². The minimum Gasteiger partial charge on any atom is -0.271 e. The molecule has 1 aliphatic heterocycles. The van der Waals surface area contributed by atoms with Gasteiger partial charge in [-0.1, -0.05) is 19.4 Å². The Kier molecular flexibility index (Phi) is 4.46. The Bertz CT molecular complexity index is 509. The average Bonchev–Trinajstić information content (AvgIpc) is 2.40. The molecule has 21 heavy (non-hydrogen) atoms. The van der Waals surface area contributed by atoms with Gasteiger partial charge in [-0.2, -0.15) is 0 Å². The largest absolute Gasteiger partial charge is 0.482 e. The molecule has 8 nitrogen and oxygen atoms in total. The molecular weight excluding hydrogens is 276 g/mol. The number of aryl methyl sites for hydroxylation is 1. The van der Waals surface area contributed by atoms with E-state index >= 15 is 0 Å². The van der Waals surface area contributed by atoms with Gasteiger partial charge in [0.05, 0.1) is 5.69 Å². The van der Waals surface area contributed by atoms with Crippen LogP contribution in [-0.4, -0.2) is 38.5 Å². The van der Waals surface area contributed by atoms with Crippen molar-refractivity contribution in [3.8, 4) is 0 Å². The van der Waals surface area contributed by atoms with Gasteiger partial charge in [-0.3, -0.25) is 30.1 Å². The first kappa shape index (κ1) is 15.3. The fourth-order valence-electron chi connectivity index (χ4n) is 2.39. The Balaban J connectivity index is 1.90. The van der Waals surface area contributed by atoms with Crippen molar-refractivity contribution in [1.29, 1.82) is 0 Å². The molecule has 1 aromatic rings. The van der Waals surface area contributed by atoms with E-state index < -0.39 is 15.5 Å². The second-order valence-electron chi connectivity index (χ2n) is 5.40. The summed E-state index contributed by atoms with van der Waals surface area (Å²) in [6, 6.07) is 3.87. The standard InChI is InChI=1S/C13H18N4O4/c1-2-3-4-11-5-6-12(14-7-11)8-15-9-13(10-15,16(18)19)17(20)21/h5-7H,2-4,8-10H2,1H3. The number of likely N-dealkylation sites (tertiary alicyclic amines) is 1. The molecule has 0 spiro atoms. The molecule has 2 heterocycles. The highest BCUT2D eigenvalue weighted by Crippen LogP contribution is 2.26. The van der Waals surface area contributed by atoms with Gasteiger partial charge in [-0.25, -0.2) is 0 Å². The zero-order valence-corrected chi connectivity index (χ0v) is 11.9. The van der Waals surface area contributed by atoms with Crippen LogP contribution in [0.1, 0.15) is 31.0 Å². The van der Waals surface area contributed by atoms with Crippen molar-refractivity contribution in [2.75, 3.05) is 13.1 Å². The molecule has 0 unspecified atom stereocenters. The molecule has 0 radical (unpaired) electrons. The maximum absolute atomic E-state index is 10.8. The van der Waals surface area contributed by atoms with Gasteiger partial charge in [0, 0.05) is 12.7 Å². The van der Waals surface area contributed by atoms with Gasteiger partial charge < -0.3 is 0 Å². The van der Waals surface area contributed by atoms with Gasteiger partial charge in [0.15, 0.2) is 0 Å². The summed E-state index contributed by atoms with van der Waals surface area (Å²) in [4.78, 5) is 26.0. The second kappa shape index (κ2) is 6.13. The second-order valence-corrected chi connectivity index (χ2v) is 5.40. The number of pyridine rings is 1. The van der Waals surface area contributed by atoms with Gasteiger partial charge in [0.1, 0.15) is 22.9 Å². The normalized spacial score (nSPS) is 17.2. The molecule has 0 N–H and O–H groups in total. The summed E-state index contributed by atoms with van der Waals surface area (Å²) in [5, 5.41) is 21.6. The Hall–Kier alpha value is -2.09. The van der Waals surface area contributed by atoms with E-state index in [0.717, 1.165) is 30.5 Å². The van der Waals surface area contributed by atoms with Crippen LogP contribution in [0.3, 0.4) is 0 Å². The van der Waals surface area contributed by atoms with E-state index in [4.69, 9.17) is 0 Å². The van der Waals surface area contributed by atoms with Gasteiger partial charge in [0.2, 0.25) is 0 Å². The smallest absolute Gasteiger partial charge is 0.271 e. The minimum absolute atomic E-state index is 0.174. The van der Waals surface area contributed by atoms with Crippen LogP contribution >= 0.6 is 0 Å². The number of nitro groups is 2. The first-order valence-corrected chi connectivity index (χ1v) is 6.93. The number of unbranched alkanes of at least 4 members (excludes halogenated alkanes) is 1. The van der Waals surface area contributed by atoms with Crippen molar-refractivity contribution >= 4 is 0 Å². The van der Waals surface area contributed by atoms with Crippen molar-refractivity contribution < 1.29 is 9.85 Å². The van der Waals surface area contributed by atoms with E-state index in [1.54, 1.807) is 11.1 Å². The lowest BCUT2D eigenvalue weighted by atomic mass is 10.0. The van der Waals surface area contributed by atoms with Crippen molar-refractivity contribution in [2.24, 2.45) is 0 Å². The Morgan fingerprint density at radius 1 is 1.29 bits per heavy atom.